The van der Waals surface area contributed by atoms with E-state index in [0.29, 0.717) is 23.1 Å². The molecule has 0 aromatic heterocycles. The zero-order valence-corrected chi connectivity index (χ0v) is 13.6. The summed E-state index contributed by atoms with van der Waals surface area (Å²) in [5.74, 6) is 0.565. The highest BCUT2D eigenvalue weighted by Crippen LogP contribution is 2.48. The van der Waals surface area contributed by atoms with E-state index in [0.717, 1.165) is 19.3 Å². The van der Waals surface area contributed by atoms with Crippen LogP contribution in [0.2, 0.25) is 0 Å². The van der Waals surface area contributed by atoms with Gasteiger partial charge in [-0.3, -0.25) is 4.79 Å². The average molecular weight is 347 g/mol. The van der Waals surface area contributed by atoms with Crippen LogP contribution in [0.25, 0.3) is 0 Å². The Hall–Kier alpha value is -1.40. The number of anilines is 1. The molecule has 2 saturated carbocycles. The van der Waals surface area contributed by atoms with Gasteiger partial charge in [0.25, 0.3) is 0 Å². The first-order valence-corrected chi connectivity index (χ1v) is 7.57. The highest BCUT2D eigenvalue weighted by Gasteiger charge is 2.49. The molecule has 128 valence electrons. The van der Waals surface area contributed by atoms with Crippen molar-refractivity contribution in [3.05, 3.63) is 23.8 Å². The molecule has 0 saturated heterocycles. The van der Waals surface area contributed by atoms with Crippen molar-refractivity contribution in [1.29, 1.82) is 0 Å². The number of aryl methyl sites for hydroxylation is 1. The summed E-state index contributed by atoms with van der Waals surface area (Å²) in [5, 5.41) is 2.80. The monoisotopic (exact) mass is 346 g/mol. The molecule has 23 heavy (non-hydrogen) atoms. The summed E-state index contributed by atoms with van der Waals surface area (Å²) in [6.07, 6.45) is 3.17. The summed E-state index contributed by atoms with van der Waals surface area (Å²) < 4.78 is 29.2. The Morgan fingerprint density at radius 3 is 2.65 bits per heavy atom. The van der Waals surface area contributed by atoms with Crippen molar-refractivity contribution < 1.29 is 18.3 Å². The summed E-state index contributed by atoms with van der Waals surface area (Å²) in [7, 11) is 0. The Labute approximate surface area is 140 Å². The quantitative estimate of drug-likeness (QED) is 0.879. The minimum Gasteiger partial charge on any atom is -0.434 e. The normalized spacial score (nSPS) is 28.6. The predicted octanol–water partition coefficient (Wildman–Crippen LogP) is 3.33. The zero-order valence-electron chi connectivity index (χ0n) is 12.8. The van der Waals surface area contributed by atoms with Crippen LogP contribution in [0, 0.1) is 24.7 Å². The molecule has 2 bridgehead atoms. The Morgan fingerprint density at radius 2 is 2.04 bits per heavy atom. The van der Waals surface area contributed by atoms with Crippen molar-refractivity contribution in [3.8, 4) is 5.75 Å². The van der Waals surface area contributed by atoms with Gasteiger partial charge in [0, 0.05) is 17.8 Å². The largest absolute Gasteiger partial charge is 0.434 e. The van der Waals surface area contributed by atoms with Gasteiger partial charge in [0.2, 0.25) is 5.91 Å². The maximum Gasteiger partial charge on any atom is 0.387 e. The molecule has 2 aliphatic rings. The van der Waals surface area contributed by atoms with Crippen LogP contribution in [0.1, 0.15) is 24.8 Å². The van der Waals surface area contributed by atoms with Crippen molar-refractivity contribution in [1.82, 2.24) is 0 Å². The predicted molar refractivity (Wildman–Crippen MR) is 86.0 cm³/mol. The molecule has 0 spiro atoms. The zero-order chi connectivity index (χ0) is 15.9. The number of amides is 1. The minimum atomic E-state index is -2.89. The van der Waals surface area contributed by atoms with Gasteiger partial charge in [-0.1, -0.05) is 6.07 Å². The van der Waals surface area contributed by atoms with Gasteiger partial charge in [-0.15, -0.1) is 12.4 Å². The molecule has 1 aromatic rings. The smallest absolute Gasteiger partial charge is 0.387 e. The van der Waals surface area contributed by atoms with Crippen LogP contribution in [0.5, 0.6) is 5.75 Å². The fourth-order valence-corrected chi connectivity index (χ4v) is 3.85. The third-order valence-electron chi connectivity index (χ3n) is 4.96. The van der Waals surface area contributed by atoms with Crippen molar-refractivity contribution in [3.63, 3.8) is 0 Å². The Kier molecular flexibility index (Phi) is 5.47. The van der Waals surface area contributed by atoms with Gasteiger partial charge in [0.1, 0.15) is 5.75 Å². The first-order valence-electron chi connectivity index (χ1n) is 7.57. The van der Waals surface area contributed by atoms with Crippen LogP contribution in [0.15, 0.2) is 18.2 Å². The second-order valence-electron chi connectivity index (χ2n) is 6.28. The maximum atomic E-state index is 12.5. The van der Waals surface area contributed by atoms with E-state index in [-0.39, 0.29) is 36.0 Å². The molecule has 4 atom stereocenters. The van der Waals surface area contributed by atoms with E-state index in [9.17, 15) is 13.6 Å². The maximum absolute atomic E-state index is 12.5. The van der Waals surface area contributed by atoms with Gasteiger partial charge in [0.15, 0.2) is 0 Å². The van der Waals surface area contributed by atoms with E-state index in [1.807, 2.05) is 0 Å². The fourth-order valence-electron chi connectivity index (χ4n) is 3.85. The van der Waals surface area contributed by atoms with Gasteiger partial charge >= 0.3 is 6.61 Å². The standard InChI is InChI=1S/C16H20F2N2O2.ClH/c1-8-2-5-11(7-12(8)22-16(17)18)20-15(21)13-9-3-4-10(6-9)14(13)19;/h2,5,7,9-10,13-14,16H,3-4,6,19H2,1H3,(H,20,21);1H. The number of fused-ring (bicyclic) bond motifs is 2. The van der Waals surface area contributed by atoms with Crippen LogP contribution in [0.4, 0.5) is 14.5 Å². The number of carbonyl (C=O) groups is 1. The number of nitrogens with two attached hydrogens (primary N) is 1. The highest BCUT2D eigenvalue weighted by atomic mass is 35.5. The first kappa shape index (κ1) is 17.9. The number of hydrogen-bond acceptors (Lipinski definition) is 3. The number of benzene rings is 1. The number of nitrogens with one attached hydrogen (secondary N) is 1. The summed E-state index contributed by atoms with van der Waals surface area (Å²) in [6.45, 7) is -1.21. The van der Waals surface area contributed by atoms with Crippen LogP contribution in [-0.2, 0) is 4.79 Å². The SMILES string of the molecule is Cc1ccc(NC(=O)C2C3CCC(C3)C2N)cc1OC(F)F.Cl. The molecule has 7 heteroatoms. The molecular formula is C16H21ClF2N2O2. The number of alkyl halides is 2. The fraction of sp³-hybridized carbons (Fsp3) is 0.562. The van der Waals surface area contributed by atoms with Crippen molar-refractivity contribution in [2.24, 2.45) is 23.5 Å². The lowest BCUT2D eigenvalue weighted by atomic mass is 9.84. The van der Waals surface area contributed by atoms with Crippen LogP contribution >= 0.6 is 12.4 Å². The molecule has 0 radical (unpaired) electrons. The molecule has 2 fully saturated rings. The molecule has 1 amide bonds. The van der Waals surface area contributed by atoms with Crippen LogP contribution in [-0.4, -0.2) is 18.6 Å². The number of hydrogen-bond donors (Lipinski definition) is 2. The van der Waals surface area contributed by atoms with E-state index in [1.54, 1.807) is 19.1 Å². The number of rotatable bonds is 4. The van der Waals surface area contributed by atoms with E-state index in [1.165, 1.54) is 6.07 Å². The van der Waals surface area contributed by atoms with Crippen LogP contribution in [0.3, 0.4) is 0 Å². The molecule has 4 unspecified atom stereocenters. The van der Waals surface area contributed by atoms with E-state index in [2.05, 4.69) is 10.1 Å². The summed E-state index contributed by atoms with van der Waals surface area (Å²) in [4.78, 5) is 12.5. The third kappa shape index (κ3) is 3.58. The number of carbonyl (C=O) groups excluding carboxylic acids is 1. The summed E-state index contributed by atoms with van der Waals surface area (Å²) in [6, 6.07) is 4.66. The first-order chi connectivity index (χ1) is 10.5. The van der Waals surface area contributed by atoms with Gasteiger partial charge in [-0.05, 0) is 49.7 Å². The number of halogens is 3. The molecular weight excluding hydrogens is 326 g/mol. The second kappa shape index (κ2) is 7.01. The molecule has 2 aliphatic carbocycles. The van der Waals surface area contributed by atoms with Gasteiger partial charge in [-0.2, -0.15) is 8.78 Å². The van der Waals surface area contributed by atoms with Crippen molar-refractivity contribution in [2.75, 3.05) is 5.32 Å². The lowest BCUT2D eigenvalue weighted by Gasteiger charge is -2.27. The Balaban J connectivity index is 0.00000192. The summed E-state index contributed by atoms with van der Waals surface area (Å²) >= 11 is 0. The lowest BCUT2D eigenvalue weighted by molar-refractivity contribution is -0.121. The molecule has 3 N–H and O–H groups in total. The molecule has 1 aromatic carbocycles. The van der Waals surface area contributed by atoms with Crippen LogP contribution < -0.4 is 15.8 Å². The average Bonchev–Trinajstić information content (AvgIpc) is 3.02. The molecule has 4 nitrogen and oxygen atoms in total. The molecule has 3 rings (SSSR count). The topological polar surface area (TPSA) is 64.4 Å². The second-order valence-corrected chi connectivity index (χ2v) is 6.28. The van der Waals surface area contributed by atoms with Gasteiger partial charge in [-0.25, -0.2) is 0 Å². The molecule has 0 heterocycles. The Bertz CT molecular complexity index is 583. The summed E-state index contributed by atoms with van der Waals surface area (Å²) in [5.41, 5.74) is 7.21. The van der Waals surface area contributed by atoms with E-state index in [4.69, 9.17) is 5.73 Å². The van der Waals surface area contributed by atoms with E-state index >= 15 is 0 Å². The lowest BCUT2D eigenvalue weighted by Crippen LogP contribution is -2.42. The minimum absolute atomic E-state index is 0. The third-order valence-corrected chi connectivity index (χ3v) is 4.96. The number of ether oxygens (including phenoxy) is 1. The van der Waals surface area contributed by atoms with Crippen molar-refractivity contribution >= 4 is 24.0 Å². The van der Waals surface area contributed by atoms with Crippen molar-refractivity contribution in [2.45, 2.75) is 38.8 Å². The highest BCUT2D eigenvalue weighted by molar-refractivity contribution is 5.93. The van der Waals surface area contributed by atoms with E-state index < -0.39 is 6.61 Å². The van der Waals surface area contributed by atoms with Gasteiger partial charge < -0.3 is 15.8 Å². The van der Waals surface area contributed by atoms with Gasteiger partial charge in [0.05, 0.1) is 5.92 Å². The molecule has 0 aliphatic heterocycles. The Morgan fingerprint density at radius 1 is 1.35 bits per heavy atom.